The zero-order chi connectivity index (χ0) is 13.1. The Kier molecular flexibility index (Phi) is 3.29. The molecule has 0 bridgehead atoms. The molecule has 0 aliphatic rings. The third kappa shape index (κ3) is 2.49. The summed E-state index contributed by atoms with van der Waals surface area (Å²) in [5, 5.41) is 2.56. The topological polar surface area (TPSA) is 93.2 Å². The van der Waals surface area contributed by atoms with Crippen LogP contribution in [-0.2, 0) is 0 Å². The lowest BCUT2D eigenvalue weighted by Gasteiger charge is -2.08. The number of oxazole rings is 1. The number of nitrogens with one attached hydrogen (secondary N) is 2. The van der Waals surface area contributed by atoms with Gasteiger partial charge in [0.2, 0.25) is 0 Å². The minimum absolute atomic E-state index is 0.168. The van der Waals surface area contributed by atoms with Gasteiger partial charge in [0, 0.05) is 0 Å². The Balaban J connectivity index is 2.23. The monoisotopic (exact) mass is 246 g/mol. The third-order valence-corrected chi connectivity index (χ3v) is 2.41. The number of nitrogen functional groups attached to an aromatic ring is 1. The van der Waals surface area contributed by atoms with Crippen molar-refractivity contribution in [2.75, 3.05) is 10.7 Å². The van der Waals surface area contributed by atoms with Crippen molar-refractivity contribution in [3.05, 3.63) is 41.3 Å². The molecule has 6 heteroatoms. The van der Waals surface area contributed by atoms with Crippen molar-refractivity contribution in [3.8, 4) is 0 Å². The van der Waals surface area contributed by atoms with Crippen molar-refractivity contribution in [3.63, 3.8) is 0 Å². The fourth-order valence-electron chi connectivity index (χ4n) is 1.55. The molecule has 0 aliphatic carbocycles. The average molecular weight is 246 g/mol. The lowest BCUT2D eigenvalue weighted by Crippen LogP contribution is -2.17. The second-order valence-corrected chi connectivity index (χ2v) is 3.94. The third-order valence-electron chi connectivity index (χ3n) is 2.41. The van der Waals surface area contributed by atoms with Crippen LogP contribution in [0, 0.1) is 13.8 Å². The maximum absolute atomic E-state index is 12.0. The molecule has 94 valence electrons. The van der Waals surface area contributed by atoms with E-state index in [0.29, 0.717) is 16.9 Å². The number of amides is 1. The van der Waals surface area contributed by atoms with Gasteiger partial charge in [0.15, 0.2) is 0 Å². The van der Waals surface area contributed by atoms with Gasteiger partial charge in [-0.25, -0.2) is 0 Å². The highest BCUT2D eigenvalue weighted by Gasteiger charge is 2.13. The number of hydrogen-bond acceptors (Lipinski definition) is 5. The largest absolute Gasteiger partial charge is 0.432 e. The Morgan fingerprint density at radius 1 is 1.39 bits per heavy atom. The van der Waals surface area contributed by atoms with Crippen molar-refractivity contribution >= 4 is 17.6 Å². The molecule has 6 nitrogen and oxygen atoms in total. The first kappa shape index (κ1) is 12.1. The second kappa shape index (κ2) is 4.89. The first-order valence-electron chi connectivity index (χ1n) is 5.41. The van der Waals surface area contributed by atoms with E-state index in [9.17, 15) is 4.79 Å². The summed E-state index contributed by atoms with van der Waals surface area (Å²) >= 11 is 0. The molecule has 18 heavy (non-hydrogen) atoms. The van der Waals surface area contributed by atoms with Crippen LogP contribution < -0.4 is 16.6 Å². The molecule has 1 heterocycles. The van der Waals surface area contributed by atoms with Gasteiger partial charge in [-0.1, -0.05) is 6.07 Å². The lowest BCUT2D eigenvalue weighted by molar-refractivity contribution is 0.102. The van der Waals surface area contributed by atoms with Gasteiger partial charge in [0.25, 0.3) is 5.91 Å². The first-order chi connectivity index (χ1) is 8.60. The Morgan fingerprint density at radius 3 is 2.78 bits per heavy atom. The zero-order valence-electron chi connectivity index (χ0n) is 10.2. The quantitative estimate of drug-likeness (QED) is 0.567. The molecule has 2 rings (SSSR count). The molecular weight excluding hydrogens is 232 g/mol. The van der Waals surface area contributed by atoms with Gasteiger partial charge in [-0.3, -0.25) is 16.0 Å². The number of hydrazine groups is 1. The van der Waals surface area contributed by atoms with E-state index in [0.717, 1.165) is 5.56 Å². The van der Waals surface area contributed by atoms with E-state index in [1.54, 1.807) is 19.1 Å². The van der Waals surface area contributed by atoms with Crippen LogP contribution in [0.25, 0.3) is 0 Å². The molecule has 0 spiro atoms. The molecule has 1 amide bonds. The van der Waals surface area contributed by atoms with Crippen molar-refractivity contribution < 1.29 is 9.21 Å². The normalized spacial score (nSPS) is 10.2. The van der Waals surface area contributed by atoms with Crippen molar-refractivity contribution in [2.45, 2.75) is 13.8 Å². The zero-order valence-corrected chi connectivity index (χ0v) is 10.2. The van der Waals surface area contributed by atoms with Gasteiger partial charge in [0.05, 0.1) is 16.9 Å². The van der Waals surface area contributed by atoms with E-state index in [2.05, 4.69) is 15.7 Å². The van der Waals surface area contributed by atoms with E-state index in [-0.39, 0.29) is 11.9 Å². The first-order valence-corrected chi connectivity index (χ1v) is 5.41. The highest BCUT2D eigenvalue weighted by atomic mass is 16.4. The van der Waals surface area contributed by atoms with E-state index in [4.69, 9.17) is 10.3 Å². The van der Waals surface area contributed by atoms with Gasteiger partial charge >= 0.3 is 6.01 Å². The van der Waals surface area contributed by atoms with Gasteiger partial charge in [-0.15, -0.1) is 0 Å². The number of carbonyl (C=O) groups excluding carboxylic acids is 1. The Bertz CT molecular complexity index is 577. The second-order valence-electron chi connectivity index (χ2n) is 3.94. The summed E-state index contributed by atoms with van der Waals surface area (Å²) < 4.78 is 5.06. The number of carbonyl (C=O) groups is 1. The standard InChI is InChI=1S/C12H14N4O2/c1-7-3-4-9(10(5-7)16-13)11(17)15-12-14-8(2)6-18-12/h3-6,16H,13H2,1-2H3,(H,14,15,17). The minimum Gasteiger partial charge on any atom is -0.432 e. The Labute approximate surface area is 104 Å². The van der Waals surface area contributed by atoms with E-state index < -0.39 is 0 Å². The fraction of sp³-hybridized carbons (Fsp3) is 0.167. The van der Waals surface area contributed by atoms with Crippen molar-refractivity contribution in [1.82, 2.24) is 4.98 Å². The smallest absolute Gasteiger partial charge is 0.301 e. The number of anilines is 2. The molecule has 0 radical (unpaired) electrons. The van der Waals surface area contributed by atoms with Gasteiger partial charge in [-0.05, 0) is 31.5 Å². The lowest BCUT2D eigenvalue weighted by atomic mass is 10.1. The fourth-order valence-corrected chi connectivity index (χ4v) is 1.55. The molecule has 0 fully saturated rings. The van der Waals surface area contributed by atoms with Crippen molar-refractivity contribution in [2.24, 2.45) is 5.84 Å². The van der Waals surface area contributed by atoms with E-state index >= 15 is 0 Å². The van der Waals surface area contributed by atoms with Gasteiger partial charge < -0.3 is 9.84 Å². The van der Waals surface area contributed by atoms with Gasteiger partial charge in [-0.2, -0.15) is 4.98 Å². The number of rotatable bonds is 3. The molecule has 0 saturated carbocycles. The van der Waals surface area contributed by atoms with Crippen LogP contribution in [0.4, 0.5) is 11.7 Å². The summed E-state index contributed by atoms with van der Waals surface area (Å²) in [6, 6.07) is 5.48. The number of benzene rings is 1. The minimum atomic E-state index is -0.329. The maximum Gasteiger partial charge on any atom is 0.301 e. The van der Waals surface area contributed by atoms with Crippen LogP contribution in [0.3, 0.4) is 0 Å². The molecule has 0 atom stereocenters. The van der Waals surface area contributed by atoms with Crippen molar-refractivity contribution in [1.29, 1.82) is 0 Å². The molecule has 1 aromatic heterocycles. The molecule has 0 saturated heterocycles. The molecule has 4 N–H and O–H groups in total. The molecule has 0 unspecified atom stereocenters. The summed E-state index contributed by atoms with van der Waals surface area (Å²) in [6.45, 7) is 3.69. The van der Waals surface area contributed by atoms with Crippen LogP contribution in [0.15, 0.2) is 28.9 Å². The van der Waals surface area contributed by atoms with Crippen LogP contribution in [-0.4, -0.2) is 10.9 Å². The van der Waals surface area contributed by atoms with Crippen LogP contribution >= 0.6 is 0 Å². The molecular formula is C12H14N4O2. The maximum atomic E-state index is 12.0. The summed E-state index contributed by atoms with van der Waals surface area (Å²) in [6.07, 6.45) is 1.47. The highest BCUT2D eigenvalue weighted by molar-refractivity contribution is 6.07. The summed E-state index contributed by atoms with van der Waals surface area (Å²) in [5.41, 5.74) is 5.18. The predicted octanol–water partition coefficient (Wildman–Crippen LogP) is 1.83. The number of nitrogens with zero attached hydrogens (tertiary/aromatic N) is 1. The van der Waals surface area contributed by atoms with Crippen LogP contribution in [0.1, 0.15) is 21.6 Å². The number of aromatic nitrogens is 1. The van der Waals surface area contributed by atoms with Gasteiger partial charge in [0.1, 0.15) is 6.26 Å². The van der Waals surface area contributed by atoms with E-state index in [1.807, 2.05) is 13.0 Å². The number of nitrogens with two attached hydrogens (primary N) is 1. The number of aryl methyl sites for hydroxylation is 2. The Morgan fingerprint density at radius 2 is 2.17 bits per heavy atom. The summed E-state index contributed by atoms with van der Waals surface area (Å²) in [4.78, 5) is 16.0. The molecule has 0 aliphatic heterocycles. The average Bonchev–Trinajstić information content (AvgIpc) is 2.74. The number of hydrogen-bond donors (Lipinski definition) is 3. The van der Waals surface area contributed by atoms with E-state index in [1.165, 1.54) is 6.26 Å². The SMILES string of the molecule is Cc1ccc(C(=O)Nc2nc(C)co2)c(NN)c1. The van der Waals surface area contributed by atoms with Crippen LogP contribution in [0.2, 0.25) is 0 Å². The summed E-state index contributed by atoms with van der Waals surface area (Å²) in [7, 11) is 0. The molecule has 2 aromatic rings. The highest BCUT2D eigenvalue weighted by Crippen LogP contribution is 2.18. The van der Waals surface area contributed by atoms with Crippen LogP contribution in [0.5, 0.6) is 0 Å². The summed E-state index contributed by atoms with van der Waals surface area (Å²) in [5.74, 6) is 5.06. The Hall–Kier alpha value is -2.34. The predicted molar refractivity (Wildman–Crippen MR) is 68.2 cm³/mol. The molecule has 1 aromatic carbocycles.